The van der Waals surface area contributed by atoms with Crippen molar-refractivity contribution in [2.45, 2.75) is 33.7 Å². The van der Waals surface area contributed by atoms with Gasteiger partial charge >= 0.3 is 0 Å². The third-order valence-electron chi connectivity index (χ3n) is 3.11. The van der Waals surface area contributed by atoms with Crippen LogP contribution in [0.25, 0.3) is 10.9 Å². The monoisotopic (exact) mass is 240 g/mol. The zero-order valence-corrected chi connectivity index (χ0v) is 10.9. The largest absolute Gasteiger partial charge is 0.346 e. The van der Waals surface area contributed by atoms with E-state index in [4.69, 9.17) is 5.26 Å². The van der Waals surface area contributed by atoms with Crippen LogP contribution < -0.4 is 5.43 Å². The number of rotatable bonds is 2. The molecule has 1 aromatic heterocycles. The fourth-order valence-electron chi connectivity index (χ4n) is 2.39. The average Bonchev–Trinajstić information content (AvgIpc) is 2.32. The second-order valence-corrected chi connectivity index (χ2v) is 4.65. The van der Waals surface area contributed by atoms with Crippen LogP contribution in [0, 0.1) is 25.2 Å². The van der Waals surface area contributed by atoms with E-state index >= 15 is 0 Å². The minimum atomic E-state index is -0.155. The third kappa shape index (κ3) is 1.91. The van der Waals surface area contributed by atoms with Crippen molar-refractivity contribution < 1.29 is 0 Å². The van der Waals surface area contributed by atoms with Gasteiger partial charge in [0, 0.05) is 18.1 Å². The maximum Gasteiger partial charge on any atom is 0.207 e. The van der Waals surface area contributed by atoms with Crippen molar-refractivity contribution in [2.24, 2.45) is 0 Å². The first-order valence-corrected chi connectivity index (χ1v) is 6.13. The first-order valence-electron chi connectivity index (χ1n) is 6.13. The fourth-order valence-corrected chi connectivity index (χ4v) is 2.39. The number of hydrogen-bond acceptors (Lipinski definition) is 2. The number of aryl methyl sites for hydroxylation is 3. The third-order valence-corrected chi connectivity index (χ3v) is 3.11. The van der Waals surface area contributed by atoms with Crippen molar-refractivity contribution in [1.29, 1.82) is 5.26 Å². The lowest BCUT2D eigenvalue weighted by Crippen LogP contribution is -2.14. The van der Waals surface area contributed by atoms with Gasteiger partial charge in [-0.25, -0.2) is 0 Å². The summed E-state index contributed by atoms with van der Waals surface area (Å²) in [7, 11) is 0. The van der Waals surface area contributed by atoms with E-state index < -0.39 is 0 Å². The average molecular weight is 240 g/mol. The molecule has 92 valence electrons. The Morgan fingerprint density at radius 3 is 2.67 bits per heavy atom. The van der Waals surface area contributed by atoms with Gasteiger partial charge in [-0.1, -0.05) is 13.0 Å². The van der Waals surface area contributed by atoms with Crippen LogP contribution in [-0.2, 0) is 6.54 Å². The Hall–Kier alpha value is -2.08. The molecule has 0 atom stereocenters. The molecular weight excluding hydrogens is 224 g/mol. The number of nitriles is 1. The summed E-state index contributed by atoms with van der Waals surface area (Å²) in [6.45, 7) is 6.84. The van der Waals surface area contributed by atoms with Gasteiger partial charge in [0.1, 0.15) is 11.6 Å². The van der Waals surface area contributed by atoms with Gasteiger partial charge in [-0.05, 0) is 37.5 Å². The Bertz CT molecular complexity index is 705. The van der Waals surface area contributed by atoms with Crippen molar-refractivity contribution in [2.75, 3.05) is 0 Å². The highest BCUT2D eigenvalue weighted by atomic mass is 16.1. The maximum atomic E-state index is 12.2. The molecule has 0 unspecified atom stereocenters. The van der Waals surface area contributed by atoms with Gasteiger partial charge < -0.3 is 4.57 Å². The van der Waals surface area contributed by atoms with Gasteiger partial charge in [-0.2, -0.15) is 5.26 Å². The zero-order valence-electron chi connectivity index (χ0n) is 10.9. The van der Waals surface area contributed by atoms with E-state index in [1.54, 1.807) is 6.20 Å². The first kappa shape index (κ1) is 12.4. The lowest BCUT2D eigenvalue weighted by atomic mass is 10.0. The maximum absolute atomic E-state index is 12.2. The smallest absolute Gasteiger partial charge is 0.207 e. The van der Waals surface area contributed by atoms with E-state index in [1.165, 1.54) is 0 Å². The summed E-state index contributed by atoms with van der Waals surface area (Å²) in [6, 6.07) is 6.00. The fraction of sp³-hybridized carbons (Fsp3) is 0.333. The highest BCUT2D eigenvalue weighted by Crippen LogP contribution is 2.18. The summed E-state index contributed by atoms with van der Waals surface area (Å²) >= 11 is 0. The molecule has 0 radical (unpaired) electrons. The molecule has 2 rings (SSSR count). The molecular formula is C15H16N2O. The van der Waals surface area contributed by atoms with Gasteiger partial charge in [0.05, 0.1) is 5.52 Å². The van der Waals surface area contributed by atoms with E-state index in [1.807, 2.05) is 36.6 Å². The second-order valence-electron chi connectivity index (χ2n) is 4.65. The minimum absolute atomic E-state index is 0.155. The predicted octanol–water partition coefficient (Wildman–Crippen LogP) is 2.90. The highest BCUT2D eigenvalue weighted by molar-refractivity contribution is 5.84. The van der Waals surface area contributed by atoms with Crippen molar-refractivity contribution in [3.63, 3.8) is 0 Å². The quantitative estimate of drug-likeness (QED) is 0.810. The molecule has 1 aromatic carbocycles. The van der Waals surface area contributed by atoms with Crippen molar-refractivity contribution in [3.05, 3.63) is 45.2 Å². The molecule has 0 spiro atoms. The molecule has 18 heavy (non-hydrogen) atoms. The SMILES string of the molecule is CCCn1cc(C#N)c(=O)c2c(C)cc(C)cc21. The van der Waals surface area contributed by atoms with E-state index in [9.17, 15) is 4.79 Å². The summed E-state index contributed by atoms with van der Waals surface area (Å²) in [5, 5.41) is 9.73. The minimum Gasteiger partial charge on any atom is -0.346 e. The van der Waals surface area contributed by atoms with Gasteiger partial charge in [-0.15, -0.1) is 0 Å². The van der Waals surface area contributed by atoms with E-state index in [0.29, 0.717) is 5.39 Å². The first-order chi connectivity index (χ1) is 8.58. The normalized spacial score (nSPS) is 10.6. The summed E-state index contributed by atoms with van der Waals surface area (Å²) in [5.41, 5.74) is 3.07. The molecule has 0 aliphatic carbocycles. The molecule has 1 heterocycles. The van der Waals surface area contributed by atoms with Crippen LogP contribution in [0.3, 0.4) is 0 Å². The standard InChI is InChI=1S/C15H16N2O/c1-4-5-17-9-12(8-16)15(18)14-11(3)6-10(2)7-13(14)17/h6-7,9H,4-5H2,1-3H3. The van der Waals surface area contributed by atoms with Crippen LogP contribution in [0.5, 0.6) is 0 Å². The summed E-state index contributed by atoms with van der Waals surface area (Å²) < 4.78 is 2.01. The highest BCUT2D eigenvalue weighted by Gasteiger charge is 2.11. The van der Waals surface area contributed by atoms with Crippen molar-refractivity contribution in [1.82, 2.24) is 4.57 Å². The number of fused-ring (bicyclic) bond motifs is 1. The topological polar surface area (TPSA) is 45.8 Å². The number of aromatic nitrogens is 1. The summed E-state index contributed by atoms with van der Waals surface area (Å²) in [5.74, 6) is 0. The molecule has 0 fully saturated rings. The molecule has 0 N–H and O–H groups in total. The number of hydrogen-bond donors (Lipinski definition) is 0. The molecule has 0 saturated carbocycles. The van der Waals surface area contributed by atoms with Crippen LogP contribution >= 0.6 is 0 Å². The Morgan fingerprint density at radius 2 is 2.06 bits per heavy atom. The van der Waals surface area contributed by atoms with Crippen LogP contribution in [0.2, 0.25) is 0 Å². The van der Waals surface area contributed by atoms with Gasteiger partial charge in [0.25, 0.3) is 0 Å². The molecule has 0 aliphatic rings. The number of nitrogens with zero attached hydrogens (tertiary/aromatic N) is 2. The molecule has 0 amide bonds. The summed E-state index contributed by atoms with van der Waals surface area (Å²) in [4.78, 5) is 12.2. The Morgan fingerprint density at radius 1 is 1.33 bits per heavy atom. The van der Waals surface area contributed by atoms with Crippen LogP contribution in [0.4, 0.5) is 0 Å². The number of pyridine rings is 1. The molecule has 0 saturated heterocycles. The Labute approximate surface area is 106 Å². The number of benzene rings is 1. The van der Waals surface area contributed by atoms with Crippen LogP contribution in [0.15, 0.2) is 23.1 Å². The molecule has 0 aliphatic heterocycles. The van der Waals surface area contributed by atoms with E-state index in [0.717, 1.165) is 29.6 Å². The molecule has 3 heteroatoms. The Kier molecular flexibility index (Phi) is 3.20. The van der Waals surface area contributed by atoms with Gasteiger partial charge in [0.15, 0.2) is 0 Å². The van der Waals surface area contributed by atoms with Gasteiger partial charge in [0.2, 0.25) is 5.43 Å². The second kappa shape index (κ2) is 4.66. The molecule has 0 bridgehead atoms. The Balaban J connectivity index is 2.97. The molecule has 2 aromatic rings. The van der Waals surface area contributed by atoms with Crippen molar-refractivity contribution in [3.8, 4) is 6.07 Å². The lowest BCUT2D eigenvalue weighted by molar-refractivity contribution is 0.696. The van der Waals surface area contributed by atoms with E-state index in [-0.39, 0.29) is 11.0 Å². The van der Waals surface area contributed by atoms with Crippen LogP contribution in [-0.4, -0.2) is 4.57 Å². The van der Waals surface area contributed by atoms with Crippen molar-refractivity contribution >= 4 is 10.9 Å². The molecule has 3 nitrogen and oxygen atoms in total. The van der Waals surface area contributed by atoms with Crippen LogP contribution in [0.1, 0.15) is 30.0 Å². The predicted molar refractivity (Wildman–Crippen MR) is 72.7 cm³/mol. The van der Waals surface area contributed by atoms with E-state index in [2.05, 4.69) is 6.92 Å². The zero-order chi connectivity index (χ0) is 13.3. The lowest BCUT2D eigenvalue weighted by Gasteiger charge is -2.12. The van der Waals surface area contributed by atoms with Gasteiger partial charge in [-0.3, -0.25) is 4.79 Å². The summed E-state index contributed by atoms with van der Waals surface area (Å²) in [6.07, 6.45) is 2.64.